The standard InChI is InChI=1S/C16H28N2O2/c1-11(2)12(3)18(4)16(10-17)13-7-14(19-5)9-15(8-13)20-6/h7-9,11-12,16H,10,17H2,1-6H3. The van der Waals surface area contributed by atoms with E-state index >= 15 is 0 Å². The first-order valence-electron chi connectivity index (χ1n) is 7.09. The van der Waals surface area contributed by atoms with Gasteiger partial charge in [-0.05, 0) is 37.6 Å². The zero-order valence-corrected chi connectivity index (χ0v) is 13.5. The van der Waals surface area contributed by atoms with Gasteiger partial charge in [0, 0.05) is 24.7 Å². The number of methoxy groups -OCH3 is 2. The van der Waals surface area contributed by atoms with E-state index < -0.39 is 0 Å². The summed E-state index contributed by atoms with van der Waals surface area (Å²) in [5.41, 5.74) is 7.13. The number of hydrogen-bond donors (Lipinski definition) is 1. The van der Waals surface area contributed by atoms with E-state index in [4.69, 9.17) is 15.2 Å². The summed E-state index contributed by atoms with van der Waals surface area (Å²) in [6, 6.07) is 6.54. The molecule has 0 saturated heterocycles. The van der Waals surface area contributed by atoms with E-state index in [0.29, 0.717) is 18.5 Å². The lowest BCUT2D eigenvalue weighted by atomic mass is 9.99. The van der Waals surface area contributed by atoms with Gasteiger partial charge in [0.1, 0.15) is 11.5 Å². The molecular weight excluding hydrogens is 252 g/mol. The highest BCUT2D eigenvalue weighted by atomic mass is 16.5. The van der Waals surface area contributed by atoms with Crippen LogP contribution >= 0.6 is 0 Å². The van der Waals surface area contributed by atoms with Crippen molar-refractivity contribution in [2.75, 3.05) is 27.8 Å². The highest BCUT2D eigenvalue weighted by molar-refractivity contribution is 5.40. The summed E-state index contributed by atoms with van der Waals surface area (Å²) in [7, 11) is 5.45. The van der Waals surface area contributed by atoms with Crippen molar-refractivity contribution in [1.29, 1.82) is 0 Å². The molecule has 0 aliphatic carbocycles. The fourth-order valence-corrected chi connectivity index (χ4v) is 2.31. The molecule has 4 heteroatoms. The molecule has 0 amide bonds. The largest absolute Gasteiger partial charge is 0.497 e. The molecule has 0 spiro atoms. The molecule has 2 atom stereocenters. The highest BCUT2D eigenvalue weighted by Crippen LogP contribution is 2.30. The number of likely N-dealkylation sites (N-methyl/N-ethyl adjacent to an activating group) is 1. The van der Waals surface area contributed by atoms with Crippen LogP contribution in [0, 0.1) is 5.92 Å². The minimum absolute atomic E-state index is 0.149. The second-order valence-corrected chi connectivity index (χ2v) is 5.55. The third kappa shape index (κ3) is 3.87. The Morgan fingerprint density at radius 3 is 1.90 bits per heavy atom. The van der Waals surface area contributed by atoms with E-state index in [1.165, 1.54) is 0 Å². The minimum atomic E-state index is 0.149. The van der Waals surface area contributed by atoms with E-state index in [9.17, 15) is 0 Å². The maximum absolute atomic E-state index is 6.00. The normalized spacial score (nSPS) is 14.4. The summed E-state index contributed by atoms with van der Waals surface area (Å²) in [5, 5.41) is 0. The van der Waals surface area contributed by atoms with Crippen LogP contribution in [0.25, 0.3) is 0 Å². The van der Waals surface area contributed by atoms with Crippen molar-refractivity contribution in [2.45, 2.75) is 32.9 Å². The highest BCUT2D eigenvalue weighted by Gasteiger charge is 2.23. The number of nitrogens with zero attached hydrogens (tertiary/aromatic N) is 1. The predicted octanol–water partition coefficient (Wildman–Crippen LogP) is 2.68. The molecule has 0 radical (unpaired) electrons. The molecule has 2 unspecified atom stereocenters. The van der Waals surface area contributed by atoms with Crippen molar-refractivity contribution in [3.8, 4) is 11.5 Å². The lowest BCUT2D eigenvalue weighted by Gasteiger charge is -2.35. The molecule has 0 bridgehead atoms. The van der Waals surface area contributed by atoms with Gasteiger partial charge >= 0.3 is 0 Å². The maximum Gasteiger partial charge on any atom is 0.122 e. The molecule has 0 saturated carbocycles. The average molecular weight is 280 g/mol. The number of benzene rings is 1. The average Bonchev–Trinajstić information content (AvgIpc) is 2.46. The smallest absolute Gasteiger partial charge is 0.122 e. The molecule has 20 heavy (non-hydrogen) atoms. The van der Waals surface area contributed by atoms with Crippen LogP contribution in [0.4, 0.5) is 0 Å². The van der Waals surface area contributed by atoms with Gasteiger partial charge in [-0.15, -0.1) is 0 Å². The SMILES string of the molecule is COc1cc(OC)cc(C(CN)N(C)C(C)C(C)C)c1. The van der Waals surface area contributed by atoms with Crippen LogP contribution in [0.15, 0.2) is 18.2 Å². The molecule has 0 fully saturated rings. The Labute approximate surface area is 122 Å². The molecule has 0 heterocycles. The maximum atomic E-state index is 6.00. The molecule has 114 valence electrons. The zero-order valence-electron chi connectivity index (χ0n) is 13.5. The van der Waals surface area contributed by atoms with Gasteiger partial charge < -0.3 is 15.2 Å². The summed E-state index contributed by atoms with van der Waals surface area (Å²) < 4.78 is 10.7. The topological polar surface area (TPSA) is 47.7 Å². The van der Waals surface area contributed by atoms with Crippen molar-refractivity contribution in [2.24, 2.45) is 11.7 Å². The Hall–Kier alpha value is -1.26. The van der Waals surface area contributed by atoms with Gasteiger partial charge in [-0.1, -0.05) is 13.8 Å². The summed E-state index contributed by atoms with van der Waals surface area (Å²) in [6.45, 7) is 7.23. The van der Waals surface area contributed by atoms with Crippen LogP contribution in [0.1, 0.15) is 32.4 Å². The summed E-state index contributed by atoms with van der Waals surface area (Å²) in [4.78, 5) is 2.32. The lowest BCUT2D eigenvalue weighted by Crippen LogP contribution is -2.39. The molecule has 0 aliphatic rings. The lowest BCUT2D eigenvalue weighted by molar-refractivity contribution is 0.151. The molecule has 1 rings (SSSR count). The number of rotatable bonds is 7. The third-order valence-corrected chi connectivity index (χ3v) is 4.08. The van der Waals surface area contributed by atoms with E-state index in [1.807, 2.05) is 18.2 Å². The van der Waals surface area contributed by atoms with Gasteiger partial charge in [-0.2, -0.15) is 0 Å². The van der Waals surface area contributed by atoms with Crippen LogP contribution in [0.3, 0.4) is 0 Å². The van der Waals surface area contributed by atoms with Crippen molar-refractivity contribution in [3.63, 3.8) is 0 Å². The molecule has 1 aromatic carbocycles. The van der Waals surface area contributed by atoms with Gasteiger partial charge in [0.2, 0.25) is 0 Å². The van der Waals surface area contributed by atoms with E-state index in [2.05, 4.69) is 32.7 Å². The molecule has 1 aromatic rings. The Bertz CT molecular complexity index is 399. The quantitative estimate of drug-likeness (QED) is 0.834. The molecule has 4 nitrogen and oxygen atoms in total. The summed E-state index contributed by atoms with van der Waals surface area (Å²) in [5.74, 6) is 2.16. The van der Waals surface area contributed by atoms with Gasteiger partial charge in [-0.25, -0.2) is 0 Å². The molecule has 0 aliphatic heterocycles. The summed E-state index contributed by atoms with van der Waals surface area (Å²) in [6.07, 6.45) is 0. The minimum Gasteiger partial charge on any atom is -0.497 e. The molecular formula is C16H28N2O2. The van der Waals surface area contributed by atoms with E-state index in [0.717, 1.165) is 17.1 Å². The predicted molar refractivity (Wildman–Crippen MR) is 83.4 cm³/mol. The van der Waals surface area contributed by atoms with E-state index in [-0.39, 0.29) is 6.04 Å². The van der Waals surface area contributed by atoms with Crippen molar-refractivity contribution in [1.82, 2.24) is 4.90 Å². The second kappa shape index (κ2) is 7.50. The first-order valence-corrected chi connectivity index (χ1v) is 7.09. The van der Waals surface area contributed by atoms with E-state index in [1.54, 1.807) is 14.2 Å². The van der Waals surface area contributed by atoms with Crippen LogP contribution in [0.2, 0.25) is 0 Å². The van der Waals surface area contributed by atoms with Crippen LogP contribution < -0.4 is 15.2 Å². The van der Waals surface area contributed by atoms with Crippen LogP contribution in [-0.2, 0) is 0 Å². The molecule has 2 N–H and O–H groups in total. The second-order valence-electron chi connectivity index (χ2n) is 5.55. The Kier molecular flexibility index (Phi) is 6.30. The number of hydrogen-bond acceptors (Lipinski definition) is 4. The summed E-state index contributed by atoms with van der Waals surface area (Å²) >= 11 is 0. The van der Waals surface area contributed by atoms with Gasteiger partial charge in [-0.3, -0.25) is 4.90 Å². The monoisotopic (exact) mass is 280 g/mol. The fraction of sp³-hybridized carbons (Fsp3) is 0.625. The first-order chi connectivity index (χ1) is 9.44. The van der Waals surface area contributed by atoms with Gasteiger partial charge in [0.05, 0.1) is 14.2 Å². The number of ether oxygens (including phenoxy) is 2. The van der Waals surface area contributed by atoms with Gasteiger partial charge in [0.15, 0.2) is 0 Å². The molecule has 0 aromatic heterocycles. The Morgan fingerprint density at radius 2 is 1.55 bits per heavy atom. The first kappa shape index (κ1) is 16.8. The third-order valence-electron chi connectivity index (χ3n) is 4.08. The Morgan fingerprint density at radius 1 is 1.05 bits per heavy atom. The van der Waals surface area contributed by atoms with Crippen LogP contribution in [0.5, 0.6) is 11.5 Å². The Balaban J connectivity index is 3.11. The van der Waals surface area contributed by atoms with Gasteiger partial charge in [0.25, 0.3) is 0 Å². The zero-order chi connectivity index (χ0) is 15.3. The van der Waals surface area contributed by atoms with Crippen LogP contribution in [-0.4, -0.2) is 38.8 Å². The van der Waals surface area contributed by atoms with Crippen molar-refractivity contribution in [3.05, 3.63) is 23.8 Å². The number of nitrogens with two attached hydrogens (primary N) is 1. The van der Waals surface area contributed by atoms with Crippen molar-refractivity contribution < 1.29 is 9.47 Å². The van der Waals surface area contributed by atoms with Crippen molar-refractivity contribution >= 4 is 0 Å². The fourth-order valence-electron chi connectivity index (χ4n) is 2.31.